The zero-order valence-electron chi connectivity index (χ0n) is 8.07. The minimum Gasteiger partial charge on any atom is -0.377 e. The minimum absolute atomic E-state index is 0.175. The highest BCUT2D eigenvalue weighted by molar-refractivity contribution is 14.1. The monoisotopic (exact) mass is 318 g/mol. The summed E-state index contributed by atoms with van der Waals surface area (Å²) in [7, 11) is 0. The summed E-state index contributed by atoms with van der Waals surface area (Å²) >= 11 is 2.08. The van der Waals surface area contributed by atoms with Gasteiger partial charge in [-0.15, -0.1) is 0 Å². The van der Waals surface area contributed by atoms with Gasteiger partial charge in [-0.25, -0.2) is 0 Å². The van der Waals surface area contributed by atoms with Crippen LogP contribution in [0.2, 0.25) is 0 Å². The van der Waals surface area contributed by atoms with Crippen molar-refractivity contribution < 1.29 is 4.92 Å². The van der Waals surface area contributed by atoms with Gasteiger partial charge in [0.25, 0.3) is 5.69 Å². The van der Waals surface area contributed by atoms with E-state index in [9.17, 15) is 10.1 Å². The van der Waals surface area contributed by atoms with Crippen molar-refractivity contribution in [3.8, 4) is 0 Å². The standard InChI is InChI=1S/C10H11IN2O2/c11-7-4-5-9(10(6-7)13(14)15)12-8-2-1-3-8/h4-6,8,12H,1-3H2. The van der Waals surface area contributed by atoms with E-state index in [1.807, 2.05) is 6.07 Å². The zero-order chi connectivity index (χ0) is 10.8. The number of benzene rings is 1. The first kappa shape index (κ1) is 10.7. The molecule has 0 spiro atoms. The summed E-state index contributed by atoms with van der Waals surface area (Å²) in [4.78, 5) is 10.5. The molecule has 0 unspecified atom stereocenters. The Bertz CT molecular complexity index is 391. The van der Waals surface area contributed by atoms with Crippen LogP contribution < -0.4 is 5.32 Å². The molecule has 0 aromatic heterocycles. The lowest BCUT2D eigenvalue weighted by molar-refractivity contribution is -0.384. The molecule has 1 fully saturated rings. The summed E-state index contributed by atoms with van der Waals surface area (Å²) in [5.74, 6) is 0. The number of nitro benzene ring substituents is 1. The van der Waals surface area contributed by atoms with Crippen LogP contribution in [0.4, 0.5) is 11.4 Å². The Morgan fingerprint density at radius 1 is 1.47 bits per heavy atom. The Hall–Kier alpha value is -0.850. The highest BCUT2D eigenvalue weighted by Crippen LogP contribution is 2.30. The molecular weight excluding hydrogens is 307 g/mol. The van der Waals surface area contributed by atoms with Gasteiger partial charge in [0.1, 0.15) is 5.69 Å². The van der Waals surface area contributed by atoms with Gasteiger partial charge in [-0.1, -0.05) is 0 Å². The first-order valence-electron chi connectivity index (χ1n) is 4.87. The average Bonchev–Trinajstić information content (AvgIpc) is 2.12. The fraction of sp³-hybridized carbons (Fsp3) is 0.400. The second-order valence-electron chi connectivity index (χ2n) is 3.69. The fourth-order valence-corrected chi connectivity index (χ4v) is 2.03. The van der Waals surface area contributed by atoms with Crippen LogP contribution in [0.25, 0.3) is 0 Å². The summed E-state index contributed by atoms with van der Waals surface area (Å²) in [5, 5.41) is 14.0. The molecule has 1 saturated carbocycles. The van der Waals surface area contributed by atoms with Crippen LogP contribution in [0.15, 0.2) is 18.2 Å². The topological polar surface area (TPSA) is 55.2 Å². The van der Waals surface area contributed by atoms with Crippen molar-refractivity contribution in [1.82, 2.24) is 0 Å². The van der Waals surface area contributed by atoms with Crippen molar-refractivity contribution in [2.24, 2.45) is 0 Å². The highest BCUT2D eigenvalue weighted by Gasteiger charge is 2.21. The Morgan fingerprint density at radius 2 is 2.20 bits per heavy atom. The first-order valence-corrected chi connectivity index (χ1v) is 5.95. The Morgan fingerprint density at radius 3 is 2.73 bits per heavy atom. The first-order chi connectivity index (χ1) is 7.16. The third kappa shape index (κ3) is 2.39. The Kier molecular flexibility index (Phi) is 3.08. The van der Waals surface area contributed by atoms with Crippen molar-refractivity contribution >= 4 is 34.0 Å². The molecule has 2 rings (SSSR count). The number of anilines is 1. The molecule has 0 amide bonds. The smallest absolute Gasteiger partial charge is 0.293 e. The molecule has 0 heterocycles. The van der Waals surface area contributed by atoms with E-state index in [0.29, 0.717) is 11.7 Å². The van der Waals surface area contributed by atoms with Crippen LogP contribution in [0.1, 0.15) is 19.3 Å². The number of hydrogen-bond acceptors (Lipinski definition) is 3. The lowest BCUT2D eigenvalue weighted by Crippen LogP contribution is -2.27. The van der Waals surface area contributed by atoms with E-state index < -0.39 is 0 Å². The normalized spacial score (nSPS) is 15.8. The molecule has 1 aliphatic carbocycles. The molecule has 0 saturated heterocycles. The van der Waals surface area contributed by atoms with Crippen LogP contribution in [0, 0.1) is 13.7 Å². The maximum atomic E-state index is 10.8. The van der Waals surface area contributed by atoms with Crippen molar-refractivity contribution in [1.29, 1.82) is 0 Å². The molecule has 4 nitrogen and oxygen atoms in total. The largest absolute Gasteiger partial charge is 0.377 e. The van der Waals surface area contributed by atoms with Gasteiger partial charge in [-0.2, -0.15) is 0 Å². The van der Waals surface area contributed by atoms with E-state index in [1.165, 1.54) is 6.42 Å². The number of nitrogens with one attached hydrogen (secondary N) is 1. The number of nitrogens with zero attached hydrogens (tertiary/aromatic N) is 1. The van der Waals surface area contributed by atoms with Crippen molar-refractivity contribution in [3.05, 3.63) is 31.9 Å². The Labute approximate surface area is 101 Å². The average molecular weight is 318 g/mol. The van der Waals surface area contributed by atoms with Gasteiger partial charge in [0, 0.05) is 15.7 Å². The summed E-state index contributed by atoms with van der Waals surface area (Å²) in [5.41, 5.74) is 0.818. The van der Waals surface area contributed by atoms with E-state index in [4.69, 9.17) is 0 Å². The van der Waals surface area contributed by atoms with Crippen molar-refractivity contribution in [2.75, 3.05) is 5.32 Å². The molecule has 80 valence electrons. The number of nitro groups is 1. The summed E-state index contributed by atoms with van der Waals surface area (Å²) in [6, 6.07) is 5.69. The summed E-state index contributed by atoms with van der Waals surface area (Å²) in [6.45, 7) is 0. The lowest BCUT2D eigenvalue weighted by Gasteiger charge is -2.27. The molecule has 5 heteroatoms. The molecule has 0 bridgehead atoms. The number of hydrogen-bond donors (Lipinski definition) is 1. The van der Waals surface area contributed by atoms with E-state index in [2.05, 4.69) is 27.9 Å². The van der Waals surface area contributed by atoms with Crippen LogP contribution in [0.3, 0.4) is 0 Å². The lowest BCUT2D eigenvalue weighted by atomic mass is 9.93. The summed E-state index contributed by atoms with van der Waals surface area (Å²) in [6.07, 6.45) is 3.45. The predicted octanol–water partition coefficient (Wildman–Crippen LogP) is 3.16. The van der Waals surface area contributed by atoms with Crippen LogP contribution in [0.5, 0.6) is 0 Å². The second-order valence-corrected chi connectivity index (χ2v) is 4.94. The van der Waals surface area contributed by atoms with Gasteiger partial charge in [0.05, 0.1) is 4.92 Å². The van der Waals surface area contributed by atoms with E-state index in [0.717, 1.165) is 16.4 Å². The van der Waals surface area contributed by atoms with E-state index >= 15 is 0 Å². The number of halogens is 1. The molecule has 1 N–H and O–H groups in total. The second kappa shape index (κ2) is 4.34. The minimum atomic E-state index is -0.330. The molecule has 1 aromatic carbocycles. The maximum absolute atomic E-state index is 10.8. The molecule has 0 radical (unpaired) electrons. The maximum Gasteiger partial charge on any atom is 0.293 e. The van der Waals surface area contributed by atoms with E-state index in [-0.39, 0.29) is 10.6 Å². The van der Waals surface area contributed by atoms with Crippen LogP contribution >= 0.6 is 22.6 Å². The van der Waals surface area contributed by atoms with Gasteiger partial charge in [0.2, 0.25) is 0 Å². The predicted molar refractivity (Wildman–Crippen MR) is 67.1 cm³/mol. The third-order valence-corrected chi connectivity index (χ3v) is 3.29. The zero-order valence-corrected chi connectivity index (χ0v) is 10.2. The van der Waals surface area contributed by atoms with Crippen molar-refractivity contribution in [3.63, 3.8) is 0 Å². The summed E-state index contributed by atoms with van der Waals surface area (Å²) < 4.78 is 0.887. The molecule has 1 aliphatic rings. The van der Waals surface area contributed by atoms with E-state index in [1.54, 1.807) is 12.1 Å². The molecule has 0 aliphatic heterocycles. The van der Waals surface area contributed by atoms with Crippen molar-refractivity contribution in [2.45, 2.75) is 25.3 Å². The third-order valence-electron chi connectivity index (χ3n) is 2.62. The van der Waals surface area contributed by atoms with Crippen LogP contribution in [-0.2, 0) is 0 Å². The fourth-order valence-electron chi connectivity index (χ4n) is 1.55. The van der Waals surface area contributed by atoms with Gasteiger partial charge in [-0.3, -0.25) is 10.1 Å². The van der Waals surface area contributed by atoms with Gasteiger partial charge in [-0.05, 0) is 54.0 Å². The van der Waals surface area contributed by atoms with Gasteiger partial charge in [0.15, 0.2) is 0 Å². The quantitative estimate of drug-likeness (QED) is 0.529. The SMILES string of the molecule is O=[N+]([O-])c1cc(I)ccc1NC1CCC1. The van der Waals surface area contributed by atoms with Gasteiger partial charge >= 0.3 is 0 Å². The number of rotatable bonds is 3. The van der Waals surface area contributed by atoms with Crippen LogP contribution in [-0.4, -0.2) is 11.0 Å². The molecule has 0 atom stereocenters. The highest BCUT2D eigenvalue weighted by atomic mass is 127. The molecule has 1 aromatic rings. The molecule has 15 heavy (non-hydrogen) atoms. The Balaban J connectivity index is 2.23. The van der Waals surface area contributed by atoms with Gasteiger partial charge < -0.3 is 5.32 Å². The molecular formula is C10H11IN2O2.